The van der Waals surface area contributed by atoms with Crippen molar-refractivity contribution in [2.75, 3.05) is 6.61 Å². The van der Waals surface area contributed by atoms with Gasteiger partial charge in [-0.2, -0.15) is 0 Å². The van der Waals surface area contributed by atoms with Gasteiger partial charge in [0, 0.05) is 0 Å². The summed E-state index contributed by atoms with van der Waals surface area (Å²) in [7, 11) is 0. The Morgan fingerprint density at radius 1 is 1.88 bits per heavy atom. The summed E-state index contributed by atoms with van der Waals surface area (Å²) in [5.74, 6) is 0.420. The lowest BCUT2D eigenvalue weighted by molar-refractivity contribution is -0.138. The van der Waals surface area contributed by atoms with Crippen LogP contribution in [0.25, 0.3) is 0 Å². The van der Waals surface area contributed by atoms with Crippen LogP contribution in [0.1, 0.15) is 13.3 Å². The van der Waals surface area contributed by atoms with E-state index in [1.54, 1.807) is 0 Å². The van der Waals surface area contributed by atoms with Gasteiger partial charge in [0.05, 0.1) is 6.61 Å². The fourth-order valence-electron chi connectivity index (χ4n) is 0.234. The van der Waals surface area contributed by atoms with Crippen LogP contribution < -0.4 is 0 Å². The highest BCUT2D eigenvalue weighted by Crippen LogP contribution is 1.89. The summed E-state index contributed by atoms with van der Waals surface area (Å²) in [5, 5.41) is 0. The fraction of sp³-hybridized carbons (Fsp3) is 0.600. The lowest BCUT2D eigenvalue weighted by atomic mass is 10.5. The van der Waals surface area contributed by atoms with Gasteiger partial charge in [0.2, 0.25) is 0 Å². The Morgan fingerprint density at radius 2 is 2.50 bits per heavy atom. The summed E-state index contributed by atoms with van der Waals surface area (Å²) in [4.78, 5) is 10.2. The van der Waals surface area contributed by atoms with E-state index in [4.69, 9.17) is 11.6 Å². The molecule has 2 nitrogen and oxygen atoms in total. The van der Waals surface area contributed by atoms with Crippen molar-refractivity contribution in [3.63, 3.8) is 0 Å². The molecule has 0 amide bonds. The molecule has 0 saturated heterocycles. The van der Waals surface area contributed by atoms with Crippen LogP contribution in [0, 0.1) is 5.88 Å². The van der Waals surface area contributed by atoms with E-state index in [2.05, 4.69) is 4.74 Å². The van der Waals surface area contributed by atoms with Crippen molar-refractivity contribution < 1.29 is 9.53 Å². The van der Waals surface area contributed by atoms with Crippen LogP contribution in [0.4, 0.5) is 0 Å². The van der Waals surface area contributed by atoms with Gasteiger partial charge in [-0.05, 0) is 6.42 Å². The van der Waals surface area contributed by atoms with Crippen molar-refractivity contribution in [1.29, 1.82) is 0 Å². The van der Waals surface area contributed by atoms with Crippen LogP contribution in [0.2, 0.25) is 0 Å². The van der Waals surface area contributed by atoms with Gasteiger partial charge < -0.3 is 4.74 Å². The van der Waals surface area contributed by atoms with E-state index in [0.29, 0.717) is 6.61 Å². The second kappa shape index (κ2) is 4.91. The van der Waals surface area contributed by atoms with E-state index in [9.17, 15) is 4.79 Å². The molecule has 0 aromatic carbocycles. The molecular formula is C5H8ClO2. The molecule has 0 aliphatic rings. The molecule has 0 atom stereocenters. The lowest BCUT2D eigenvalue weighted by Crippen LogP contribution is -2.01. The van der Waals surface area contributed by atoms with Crippen LogP contribution in [-0.4, -0.2) is 12.6 Å². The Morgan fingerprint density at radius 3 is 2.88 bits per heavy atom. The summed E-state index contributed by atoms with van der Waals surface area (Å²) in [6.07, 6.45) is 0.830. The highest BCUT2D eigenvalue weighted by Gasteiger charge is 1.96. The molecule has 3 heteroatoms. The number of carbonyl (C=O) groups is 1. The number of esters is 1. The van der Waals surface area contributed by atoms with Gasteiger partial charge >= 0.3 is 5.97 Å². The molecule has 0 fully saturated rings. The summed E-state index contributed by atoms with van der Waals surface area (Å²) in [6.45, 7) is 2.36. The molecule has 0 heterocycles. The Labute approximate surface area is 53.8 Å². The number of carbonyl (C=O) groups excluding carboxylic acids is 1. The molecule has 0 spiro atoms. The van der Waals surface area contributed by atoms with E-state index in [-0.39, 0.29) is 0 Å². The molecule has 8 heavy (non-hydrogen) atoms. The Balaban J connectivity index is 2.99. The molecule has 1 radical (unpaired) electrons. The predicted molar refractivity (Wildman–Crippen MR) is 31.4 cm³/mol. The summed E-state index contributed by atoms with van der Waals surface area (Å²) >= 11 is 4.99. The molecule has 0 aliphatic heterocycles. The van der Waals surface area contributed by atoms with E-state index in [1.165, 1.54) is 0 Å². The normalized spacial score (nSPS) is 8.75. The molecular weight excluding hydrogens is 128 g/mol. The topological polar surface area (TPSA) is 26.3 Å². The minimum atomic E-state index is -0.464. The Hall–Kier alpha value is -0.240. The first-order valence-electron chi connectivity index (χ1n) is 2.41. The molecule has 0 N–H and O–H groups in total. The number of hydrogen-bond acceptors (Lipinski definition) is 2. The van der Waals surface area contributed by atoms with Crippen LogP contribution >= 0.6 is 11.6 Å². The minimum Gasteiger partial charge on any atom is -0.465 e. The second-order valence-corrected chi connectivity index (χ2v) is 1.49. The van der Waals surface area contributed by atoms with Crippen molar-refractivity contribution in [1.82, 2.24) is 0 Å². The van der Waals surface area contributed by atoms with Crippen molar-refractivity contribution in [3.05, 3.63) is 5.88 Å². The second-order valence-electron chi connectivity index (χ2n) is 1.28. The average molecular weight is 136 g/mol. The van der Waals surface area contributed by atoms with E-state index in [1.807, 2.05) is 6.92 Å². The number of rotatable bonds is 3. The minimum absolute atomic E-state index is 0.446. The third-order valence-corrected chi connectivity index (χ3v) is 0.716. The van der Waals surface area contributed by atoms with E-state index in [0.717, 1.165) is 12.3 Å². The van der Waals surface area contributed by atoms with Gasteiger partial charge in [-0.25, -0.2) is 0 Å². The molecule has 47 valence electrons. The standard InChI is InChI=1S/C5H8ClO2/c1-2-3-8-5(7)4-6/h4H,2-3H2,1H3. The highest BCUT2D eigenvalue weighted by molar-refractivity contribution is 6.33. The smallest absolute Gasteiger partial charge is 0.326 e. The van der Waals surface area contributed by atoms with Crippen molar-refractivity contribution >= 4 is 17.6 Å². The van der Waals surface area contributed by atoms with Gasteiger partial charge in [-0.15, -0.1) is 11.6 Å². The molecule has 0 unspecified atom stereocenters. The maximum Gasteiger partial charge on any atom is 0.326 e. The zero-order valence-corrected chi connectivity index (χ0v) is 5.44. The average Bonchev–Trinajstić information content (AvgIpc) is 1.83. The monoisotopic (exact) mass is 135 g/mol. The molecule has 0 bridgehead atoms. The van der Waals surface area contributed by atoms with Crippen molar-refractivity contribution in [3.8, 4) is 0 Å². The zero-order chi connectivity index (χ0) is 6.41. The van der Waals surface area contributed by atoms with Gasteiger partial charge in [0.15, 0.2) is 5.88 Å². The first kappa shape index (κ1) is 7.76. The maximum absolute atomic E-state index is 10.2. The van der Waals surface area contributed by atoms with Crippen molar-refractivity contribution in [2.45, 2.75) is 13.3 Å². The van der Waals surface area contributed by atoms with E-state index >= 15 is 0 Å². The Kier molecular flexibility index (Phi) is 4.76. The molecule has 0 aromatic heterocycles. The first-order valence-corrected chi connectivity index (χ1v) is 2.85. The molecule has 0 aliphatic carbocycles. The lowest BCUT2D eigenvalue weighted by Gasteiger charge is -1.95. The zero-order valence-electron chi connectivity index (χ0n) is 4.69. The van der Waals surface area contributed by atoms with E-state index < -0.39 is 5.97 Å². The van der Waals surface area contributed by atoms with Gasteiger partial charge in [-0.1, -0.05) is 6.92 Å². The highest BCUT2D eigenvalue weighted by atomic mass is 35.5. The third-order valence-electron chi connectivity index (χ3n) is 0.538. The van der Waals surface area contributed by atoms with Crippen LogP contribution in [0.15, 0.2) is 0 Å². The number of hydrogen-bond donors (Lipinski definition) is 0. The summed E-state index contributed by atoms with van der Waals surface area (Å²) in [6, 6.07) is 0. The Bertz CT molecular complexity index is 72.8. The number of ether oxygens (including phenoxy) is 1. The molecule has 0 rings (SSSR count). The van der Waals surface area contributed by atoms with Crippen molar-refractivity contribution in [2.24, 2.45) is 0 Å². The third kappa shape index (κ3) is 3.93. The van der Waals surface area contributed by atoms with Crippen LogP contribution in [0.5, 0.6) is 0 Å². The first-order chi connectivity index (χ1) is 3.81. The van der Waals surface area contributed by atoms with Gasteiger partial charge in [0.1, 0.15) is 0 Å². The van der Waals surface area contributed by atoms with Gasteiger partial charge in [-0.3, -0.25) is 4.79 Å². The predicted octanol–water partition coefficient (Wildman–Crippen LogP) is 1.34. The largest absolute Gasteiger partial charge is 0.465 e. The van der Waals surface area contributed by atoms with Crippen LogP contribution in [0.3, 0.4) is 0 Å². The quantitative estimate of drug-likeness (QED) is 0.546. The molecule has 0 saturated carbocycles. The van der Waals surface area contributed by atoms with Gasteiger partial charge in [0.25, 0.3) is 0 Å². The van der Waals surface area contributed by atoms with Crippen LogP contribution in [-0.2, 0) is 9.53 Å². The SMILES string of the molecule is CCCOC(=O)[CH]Cl. The maximum atomic E-state index is 10.2. The fourth-order valence-corrected chi connectivity index (χ4v) is 0.297. The number of halogens is 1. The summed E-state index contributed by atoms with van der Waals surface area (Å²) < 4.78 is 4.51. The summed E-state index contributed by atoms with van der Waals surface area (Å²) in [5.41, 5.74) is 0. The molecule has 0 aromatic rings.